The van der Waals surface area contributed by atoms with Gasteiger partial charge in [-0.3, -0.25) is 0 Å². The summed E-state index contributed by atoms with van der Waals surface area (Å²) in [6, 6.07) is 4.50. The maximum absolute atomic E-state index is 13.3. The van der Waals surface area contributed by atoms with Gasteiger partial charge < -0.3 is 14.0 Å². The normalized spacial score (nSPS) is 11.2. The van der Waals surface area contributed by atoms with Gasteiger partial charge >= 0.3 is 0 Å². The molecule has 92 valence electrons. The van der Waals surface area contributed by atoms with Crippen LogP contribution in [0.2, 0.25) is 0 Å². The zero-order valence-corrected chi connectivity index (χ0v) is 10.4. The molecular formula is C12H10FN3OS. The number of hydrogen-bond acceptors (Lipinski definition) is 3. The highest BCUT2D eigenvalue weighted by Gasteiger charge is 2.09. The number of rotatable bonds is 2. The van der Waals surface area contributed by atoms with E-state index >= 15 is 0 Å². The Bertz CT molecular complexity index is 771. The third-order valence-corrected chi connectivity index (χ3v) is 3.02. The van der Waals surface area contributed by atoms with Crippen molar-refractivity contribution in [3.05, 3.63) is 46.6 Å². The molecule has 3 rings (SSSR count). The van der Waals surface area contributed by atoms with E-state index in [-0.39, 0.29) is 5.82 Å². The molecule has 0 aliphatic carbocycles. The molecule has 0 saturated heterocycles. The molecule has 0 radical (unpaired) electrons. The molecule has 0 unspecified atom stereocenters. The monoisotopic (exact) mass is 263 g/mol. The molecule has 0 aliphatic heterocycles. The summed E-state index contributed by atoms with van der Waals surface area (Å²) in [6.07, 6.45) is 1.65. The second-order valence-electron chi connectivity index (χ2n) is 4.04. The molecule has 0 aliphatic rings. The van der Waals surface area contributed by atoms with Crippen molar-refractivity contribution in [3.63, 3.8) is 0 Å². The van der Waals surface area contributed by atoms with Gasteiger partial charge in [-0.25, -0.2) is 9.37 Å². The first-order valence-corrected chi connectivity index (χ1v) is 5.84. The van der Waals surface area contributed by atoms with Gasteiger partial charge in [0, 0.05) is 0 Å². The Balaban J connectivity index is 2.13. The fraction of sp³-hybridized carbons (Fsp3) is 0.167. The molecule has 4 nitrogen and oxygen atoms in total. The number of H-pyrrole nitrogens is 1. The molecule has 0 atom stereocenters. The molecule has 1 aromatic carbocycles. The van der Waals surface area contributed by atoms with Crippen LogP contribution in [0.5, 0.6) is 0 Å². The first-order chi connectivity index (χ1) is 8.63. The standard InChI is InChI=1S/C12H10FN3OS/c1-7-5-14-11(17-7)6-16-10-4-8(13)2-3-9(10)15-12(16)18/h2-5H,6H2,1H3,(H,15,18). The molecule has 18 heavy (non-hydrogen) atoms. The van der Waals surface area contributed by atoms with E-state index in [0.29, 0.717) is 22.7 Å². The number of imidazole rings is 1. The Morgan fingerprint density at radius 3 is 3.06 bits per heavy atom. The van der Waals surface area contributed by atoms with Gasteiger partial charge in [0.15, 0.2) is 4.77 Å². The quantitative estimate of drug-likeness (QED) is 0.722. The van der Waals surface area contributed by atoms with Crippen LogP contribution >= 0.6 is 12.2 Å². The van der Waals surface area contributed by atoms with Crippen LogP contribution in [0.25, 0.3) is 11.0 Å². The van der Waals surface area contributed by atoms with Crippen LogP contribution in [0.1, 0.15) is 11.7 Å². The van der Waals surface area contributed by atoms with E-state index in [4.69, 9.17) is 16.6 Å². The second-order valence-corrected chi connectivity index (χ2v) is 4.43. The van der Waals surface area contributed by atoms with Gasteiger partial charge in [-0.1, -0.05) is 0 Å². The van der Waals surface area contributed by atoms with E-state index in [2.05, 4.69) is 9.97 Å². The van der Waals surface area contributed by atoms with Gasteiger partial charge in [-0.2, -0.15) is 0 Å². The molecule has 0 saturated carbocycles. The van der Waals surface area contributed by atoms with Crippen molar-refractivity contribution < 1.29 is 8.81 Å². The maximum Gasteiger partial charge on any atom is 0.214 e. The fourth-order valence-electron chi connectivity index (χ4n) is 1.89. The molecule has 6 heteroatoms. The van der Waals surface area contributed by atoms with Gasteiger partial charge in [-0.15, -0.1) is 0 Å². The minimum absolute atomic E-state index is 0.297. The molecule has 0 fully saturated rings. The molecule has 3 aromatic rings. The van der Waals surface area contributed by atoms with E-state index in [1.807, 2.05) is 6.92 Å². The van der Waals surface area contributed by atoms with E-state index in [0.717, 1.165) is 11.3 Å². The maximum atomic E-state index is 13.3. The largest absolute Gasteiger partial charge is 0.444 e. The molecular weight excluding hydrogens is 253 g/mol. The number of halogens is 1. The van der Waals surface area contributed by atoms with E-state index < -0.39 is 0 Å². The fourth-order valence-corrected chi connectivity index (χ4v) is 2.17. The highest BCUT2D eigenvalue weighted by atomic mass is 32.1. The first-order valence-electron chi connectivity index (χ1n) is 5.43. The average molecular weight is 263 g/mol. The highest BCUT2D eigenvalue weighted by molar-refractivity contribution is 7.71. The number of fused-ring (bicyclic) bond motifs is 1. The number of aryl methyl sites for hydroxylation is 1. The van der Waals surface area contributed by atoms with Crippen LogP contribution in [0.15, 0.2) is 28.8 Å². The highest BCUT2D eigenvalue weighted by Crippen LogP contribution is 2.17. The summed E-state index contributed by atoms with van der Waals surface area (Å²) in [6.45, 7) is 2.21. The zero-order chi connectivity index (χ0) is 12.7. The van der Waals surface area contributed by atoms with Crippen molar-refractivity contribution >= 4 is 23.3 Å². The van der Waals surface area contributed by atoms with E-state index in [1.54, 1.807) is 16.8 Å². The lowest BCUT2D eigenvalue weighted by Crippen LogP contribution is -1.99. The van der Waals surface area contributed by atoms with Crippen molar-refractivity contribution in [2.45, 2.75) is 13.5 Å². The topological polar surface area (TPSA) is 46.8 Å². The van der Waals surface area contributed by atoms with Crippen molar-refractivity contribution in [2.75, 3.05) is 0 Å². The number of aromatic amines is 1. The number of benzene rings is 1. The summed E-state index contributed by atoms with van der Waals surface area (Å²) in [4.78, 5) is 7.14. The second kappa shape index (κ2) is 4.06. The number of oxazole rings is 1. The van der Waals surface area contributed by atoms with Crippen LogP contribution in [0.3, 0.4) is 0 Å². The van der Waals surface area contributed by atoms with Crippen molar-refractivity contribution in [3.8, 4) is 0 Å². The third kappa shape index (κ3) is 1.84. The Hall–Kier alpha value is -1.95. The molecule has 0 bridgehead atoms. The predicted molar refractivity (Wildman–Crippen MR) is 67.4 cm³/mol. The SMILES string of the molecule is Cc1cnc(Cn2c(=S)[nH]c3ccc(F)cc32)o1. The lowest BCUT2D eigenvalue weighted by atomic mass is 10.3. The zero-order valence-electron chi connectivity index (χ0n) is 9.61. The van der Waals surface area contributed by atoms with Crippen LogP contribution < -0.4 is 0 Å². The van der Waals surface area contributed by atoms with Gasteiger partial charge in [0.05, 0.1) is 17.2 Å². The molecule has 1 N–H and O–H groups in total. The Kier molecular flexibility index (Phi) is 2.52. The van der Waals surface area contributed by atoms with E-state index in [9.17, 15) is 4.39 Å². The summed E-state index contributed by atoms with van der Waals surface area (Å²) in [7, 11) is 0. The van der Waals surface area contributed by atoms with Gasteiger partial charge in [-0.05, 0) is 37.3 Å². The minimum Gasteiger partial charge on any atom is -0.444 e. The molecule has 2 heterocycles. The van der Waals surface area contributed by atoms with Crippen molar-refractivity contribution in [1.29, 1.82) is 0 Å². The van der Waals surface area contributed by atoms with E-state index in [1.165, 1.54) is 12.1 Å². The minimum atomic E-state index is -0.297. The van der Waals surface area contributed by atoms with Crippen LogP contribution in [0, 0.1) is 17.5 Å². The Morgan fingerprint density at radius 2 is 2.33 bits per heavy atom. The van der Waals surface area contributed by atoms with Crippen LogP contribution in [-0.4, -0.2) is 14.5 Å². The molecule has 0 amide bonds. The number of nitrogens with zero attached hydrogens (tertiary/aromatic N) is 2. The number of nitrogens with one attached hydrogen (secondary N) is 1. The van der Waals surface area contributed by atoms with Crippen LogP contribution in [0.4, 0.5) is 4.39 Å². The Morgan fingerprint density at radius 1 is 1.50 bits per heavy atom. The predicted octanol–water partition coefficient (Wildman–Crippen LogP) is 3.18. The Labute approximate surface area is 107 Å². The van der Waals surface area contributed by atoms with Crippen LogP contribution in [-0.2, 0) is 6.54 Å². The lowest BCUT2D eigenvalue weighted by Gasteiger charge is -2.00. The third-order valence-electron chi connectivity index (χ3n) is 2.70. The number of hydrogen-bond donors (Lipinski definition) is 1. The average Bonchev–Trinajstić information content (AvgIpc) is 2.86. The van der Waals surface area contributed by atoms with Crippen molar-refractivity contribution in [1.82, 2.24) is 14.5 Å². The summed E-state index contributed by atoms with van der Waals surface area (Å²) in [5.74, 6) is 0.991. The molecule has 2 aromatic heterocycles. The van der Waals surface area contributed by atoms with Gasteiger partial charge in [0.1, 0.15) is 18.1 Å². The van der Waals surface area contributed by atoms with Gasteiger partial charge in [0.2, 0.25) is 5.89 Å². The molecule has 0 spiro atoms. The number of aromatic nitrogens is 3. The smallest absolute Gasteiger partial charge is 0.214 e. The summed E-state index contributed by atoms with van der Waals surface area (Å²) in [5, 5.41) is 0. The lowest BCUT2D eigenvalue weighted by molar-refractivity contribution is 0.458. The summed E-state index contributed by atoms with van der Waals surface area (Å²) >= 11 is 5.22. The van der Waals surface area contributed by atoms with Gasteiger partial charge in [0.25, 0.3) is 0 Å². The van der Waals surface area contributed by atoms with Crippen molar-refractivity contribution in [2.24, 2.45) is 0 Å². The summed E-state index contributed by atoms with van der Waals surface area (Å²) < 4.78 is 21.0. The summed E-state index contributed by atoms with van der Waals surface area (Å²) in [5.41, 5.74) is 1.50. The first kappa shape index (κ1) is 11.2.